The van der Waals surface area contributed by atoms with Gasteiger partial charge in [0.25, 0.3) is 0 Å². The largest absolute Gasteiger partial charge is 0.386 e. The van der Waals surface area contributed by atoms with Gasteiger partial charge < -0.3 is 10.0 Å². The molecule has 1 N–H and O–H groups in total. The molecule has 0 spiro atoms. The number of hydrogen-bond donors (Lipinski definition) is 1. The van der Waals surface area contributed by atoms with Crippen molar-refractivity contribution in [3.05, 3.63) is 0 Å². The SMILES string of the molecule is CCCCCCCCC(=O)N1CC(O)(C(C)C)C1. The summed E-state index contributed by atoms with van der Waals surface area (Å²) >= 11 is 0. The van der Waals surface area contributed by atoms with Gasteiger partial charge in [0.05, 0.1) is 13.1 Å². The first-order valence-electron chi connectivity index (χ1n) is 7.49. The fourth-order valence-corrected chi connectivity index (χ4v) is 2.37. The van der Waals surface area contributed by atoms with Crippen molar-refractivity contribution in [2.45, 2.75) is 71.3 Å². The summed E-state index contributed by atoms with van der Waals surface area (Å²) in [6, 6.07) is 0. The summed E-state index contributed by atoms with van der Waals surface area (Å²) in [6.45, 7) is 7.28. The summed E-state index contributed by atoms with van der Waals surface area (Å²) in [5.41, 5.74) is -0.628. The molecule has 106 valence electrons. The Balaban J connectivity index is 2.06. The predicted octanol–water partition coefficient (Wildman–Crippen LogP) is 2.97. The molecule has 3 nitrogen and oxygen atoms in total. The highest BCUT2D eigenvalue weighted by molar-refractivity contribution is 5.77. The maximum atomic E-state index is 11.8. The lowest BCUT2D eigenvalue weighted by Gasteiger charge is -2.49. The third-order valence-electron chi connectivity index (χ3n) is 4.10. The lowest BCUT2D eigenvalue weighted by Crippen LogP contribution is -2.65. The van der Waals surface area contributed by atoms with E-state index in [1.165, 1.54) is 25.7 Å². The van der Waals surface area contributed by atoms with Gasteiger partial charge in [-0.2, -0.15) is 0 Å². The number of hydrogen-bond acceptors (Lipinski definition) is 2. The van der Waals surface area contributed by atoms with Crippen LogP contribution in [0.3, 0.4) is 0 Å². The number of β-amino-alcohol motifs (C(OH)–C–C–N with tert-alkyl or cyclic N) is 1. The van der Waals surface area contributed by atoms with Crippen LogP contribution in [-0.2, 0) is 4.79 Å². The van der Waals surface area contributed by atoms with E-state index >= 15 is 0 Å². The quantitative estimate of drug-likeness (QED) is 0.677. The number of rotatable bonds is 8. The second-order valence-electron chi connectivity index (χ2n) is 6.03. The van der Waals surface area contributed by atoms with Crippen LogP contribution in [0, 0.1) is 5.92 Å². The molecule has 0 aromatic carbocycles. The molecular weight excluding hydrogens is 226 g/mol. The lowest BCUT2D eigenvalue weighted by molar-refractivity contribution is -0.163. The normalized spacial score (nSPS) is 17.9. The van der Waals surface area contributed by atoms with E-state index in [2.05, 4.69) is 6.92 Å². The molecule has 0 aromatic rings. The highest BCUT2D eigenvalue weighted by atomic mass is 16.3. The Kier molecular flexibility index (Phi) is 6.13. The maximum Gasteiger partial charge on any atom is 0.222 e. The molecule has 0 saturated carbocycles. The van der Waals surface area contributed by atoms with Crippen LogP contribution in [0.15, 0.2) is 0 Å². The molecule has 18 heavy (non-hydrogen) atoms. The second kappa shape index (κ2) is 7.13. The van der Waals surface area contributed by atoms with Crippen molar-refractivity contribution < 1.29 is 9.90 Å². The highest BCUT2D eigenvalue weighted by Gasteiger charge is 2.45. The van der Waals surface area contributed by atoms with Gasteiger partial charge in [-0.25, -0.2) is 0 Å². The summed E-state index contributed by atoms with van der Waals surface area (Å²) < 4.78 is 0. The van der Waals surface area contributed by atoms with Crippen LogP contribution in [0.25, 0.3) is 0 Å². The minimum atomic E-state index is -0.628. The minimum Gasteiger partial charge on any atom is -0.386 e. The van der Waals surface area contributed by atoms with Gasteiger partial charge in [0.2, 0.25) is 5.91 Å². The third kappa shape index (κ3) is 4.27. The molecule has 0 aromatic heterocycles. The summed E-state index contributed by atoms with van der Waals surface area (Å²) in [5, 5.41) is 10.1. The van der Waals surface area contributed by atoms with Gasteiger partial charge in [-0.1, -0.05) is 52.9 Å². The molecule has 1 rings (SSSR count). The van der Waals surface area contributed by atoms with Crippen LogP contribution in [0.5, 0.6) is 0 Å². The van der Waals surface area contributed by atoms with E-state index in [1.54, 1.807) is 4.90 Å². The molecule has 1 amide bonds. The molecule has 1 aliphatic heterocycles. The summed E-state index contributed by atoms with van der Waals surface area (Å²) in [7, 11) is 0. The smallest absolute Gasteiger partial charge is 0.222 e. The van der Waals surface area contributed by atoms with Gasteiger partial charge in [0.15, 0.2) is 0 Å². The summed E-state index contributed by atoms with van der Waals surface area (Å²) in [6.07, 6.45) is 7.92. The van der Waals surface area contributed by atoms with E-state index in [4.69, 9.17) is 0 Å². The van der Waals surface area contributed by atoms with Gasteiger partial charge in [-0.3, -0.25) is 4.79 Å². The second-order valence-corrected chi connectivity index (χ2v) is 6.03. The Hall–Kier alpha value is -0.570. The van der Waals surface area contributed by atoms with Gasteiger partial charge in [0.1, 0.15) is 5.60 Å². The van der Waals surface area contributed by atoms with Crippen LogP contribution >= 0.6 is 0 Å². The Bertz CT molecular complexity index is 257. The van der Waals surface area contributed by atoms with E-state index in [1.807, 2.05) is 13.8 Å². The number of amides is 1. The van der Waals surface area contributed by atoms with Crippen LogP contribution in [0.4, 0.5) is 0 Å². The molecule has 1 saturated heterocycles. The fourth-order valence-electron chi connectivity index (χ4n) is 2.37. The summed E-state index contributed by atoms with van der Waals surface area (Å²) in [4.78, 5) is 13.6. The molecule has 1 aliphatic rings. The Morgan fingerprint density at radius 3 is 2.28 bits per heavy atom. The number of carbonyl (C=O) groups excluding carboxylic acids is 1. The fraction of sp³-hybridized carbons (Fsp3) is 0.933. The maximum absolute atomic E-state index is 11.8. The molecule has 1 fully saturated rings. The minimum absolute atomic E-state index is 0.218. The summed E-state index contributed by atoms with van der Waals surface area (Å²) in [5.74, 6) is 0.450. The van der Waals surface area contributed by atoms with E-state index in [9.17, 15) is 9.90 Å². The molecule has 0 atom stereocenters. The van der Waals surface area contributed by atoms with Crippen LogP contribution in [0.1, 0.15) is 65.7 Å². The van der Waals surface area contributed by atoms with Crippen LogP contribution in [0.2, 0.25) is 0 Å². The molecule has 3 heteroatoms. The zero-order valence-electron chi connectivity index (χ0n) is 12.2. The molecule has 0 radical (unpaired) electrons. The Labute approximate surface area is 112 Å². The Morgan fingerprint density at radius 1 is 1.17 bits per heavy atom. The predicted molar refractivity (Wildman–Crippen MR) is 74.4 cm³/mol. The zero-order chi connectivity index (χ0) is 13.6. The van der Waals surface area contributed by atoms with E-state index < -0.39 is 5.60 Å². The van der Waals surface area contributed by atoms with Gasteiger partial charge in [-0.05, 0) is 12.3 Å². The first-order chi connectivity index (χ1) is 8.49. The van der Waals surface area contributed by atoms with Crippen molar-refractivity contribution in [1.29, 1.82) is 0 Å². The standard InChI is InChI=1S/C15H29NO2/c1-4-5-6-7-8-9-10-14(17)16-11-15(18,12-16)13(2)3/h13,18H,4-12H2,1-3H3. The number of carbonyl (C=O) groups is 1. The first-order valence-corrected chi connectivity index (χ1v) is 7.49. The van der Waals surface area contributed by atoms with Crippen molar-refractivity contribution in [2.75, 3.05) is 13.1 Å². The first kappa shape index (κ1) is 15.5. The van der Waals surface area contributed by atoms with Gasteiger partial charge >= 0.3 is 0 Å². The van der Waals surface area contributed by atoms with Crippen molar-refractivity contribution in [2.24, 2.45) is 5.92 Å². The highest BCUT2D eigenvalue weighted by Crippen LogP contribution is 2.29. The van der Waals surface area contributed by atoms with Crippen molar-refractivity contribution in [1.82, 2.24) is 4.90 Å². The number of nitrogens with zero attached hydrogens (tertiary/aromatic N) is 1. The van der Waals surface area contributed by atoms with Crippen molar-refractivity contribution >= 4 is 5.91 Å². The molecule has 0 unspecified atom stereocenters. The lowest BCUT2D eigenvalue weighted by atomic mass is 9.83. The van der Waals surface area contributed by atoms with Crippen molar-refractivity contribution in [3.63, 3.8) is 0 Å². The van der Waals surface area contributed by atoms with Crippen LogP contribution in [-0.4, -0.2) is 34.6 Å². The third-order valence-corrected chi connectivity index (χ3v) is 4.10. The average Bonchev–Trinajstić information content (AvgIpc) is 2.28. The number of unbranched alkanes of at least 4 members (excludes halogenated alkanes) is 5. The van der Waals surface area contributed by atoms with E-state index in [-0.39, 0.29) is 11.8 Å². The zero-order valence-corrected chi connectivity index (χ0v) is 12.2. The van der Waals surface area contributed by atoms with Crippen LogP contribution < -0.4 is 0 Å². The molecular formula is C15H29NO2. The number of likely N-dealkylation sites (tertiary alicyclic amines) is 1. The van der Waals surface area contributed by atoms with Gasteiger partial charge in [0, 0.05) is 6.42 Å². The molecule has 1 heterocycles. The van der Waals surface area contributed by atoms with E-state index in [0.717, 1.165) is 12.8 Å². The number of aliphatic hydroxyl groups is 1. The van der Waals surface area contributed by atoms with Gasteiger partial charge in [-0.15, -0.1) is 0 Å². The topological polar surface area (TPSA) is 40.5 Å². The Morgan fingerprint density at radius 2 is 1.72 bits per heavy atom. The van der Waals surface area contributed by atoms with E-state index in [0.29, 0.717) is 19.5 Å². The average molecular weight is 255 g/mol. The molecule has 0 aliphatic carbocycles. The van der Waals surface area contributed by atoms with Crippen molar-refractivity contribution in [3.8, 4) is 0 Å². The molecule has 0 bridgehead atoms. The monoisotopic (exact) mass is 255 g/mol.